The highest BCUT2D eigenvalue weighted by atomic mass is 16.3. The van der Waals surface area contributed by atoms with Crippen molar-refractivity contribution in [2.24, 2.45) is 5.92 Å². The van der Waals surface area contributed by atoms with Crippen LogP contribution in [0, 0.1) is 19.8 Å². The normalized spacial score (nSPS) is 13.9. The lowest BCUT2D eigenvalue weighted by molar-refractivity contribution is 0.668. The molecule has 11 aromatic rings. The summed E-state index contributed by atoms with van der Waals surface area (Å²) in [6.45, 7) is 6.61. The molecule has 0 saturated heterocycles. The van der Waals surface area contributed by atoms with E-state index in [9.17, 15) is 0 Å². The fraction of sp³-hybridized carbons (Fsp3) is 0.0877. The maximum absolute atomic E-state index is 6.36. The van der Waals surface area contributed by atoms with Crippen LogP contribution in [-0.4, -0.2) is 0 Å². The Morgan fingerprint density at radius 2 is 0.885 bits per heavy atom. The Balaban J connectivity index is 1.13. The zero-order valence-electron chi connectivity index (χ0n) is 34.3. The lowest BCUT2D eigenvalue weighted by Crippen LogP contribution is -2.15. The van der Waals surface area contributed by atoms with Gasteiger partial charge in [0, 0.05) is 55.2 Å². The van der Waals surface area contributed by atoms with Gasteiger partial charge < -0.3 is 18.6 Å². The zero-order chi connectivity index (χ0) is 40.8. The average Bonchev–Trinajstić information content (AvgIpc) is 3.84. The number of hydrogen-bond donors (Lipinski definition) is 0. The maximum Gasteiger partial charge on any atom is 0.135 e. The molecule has 9 aromatic carbocycles. The first-order valence-electron chi connectivity index (χ1n) is 21.2. The molecule has 1 aliphatic rings. The van der Waals surface area contributed by atoms with E-state index in [0.29, 0.717) is 5.92 Å². The molecular weight excluding hydrogens is 745 g/mol. The molecular formula is C57H42N2O2. The van der Waals surface area contributed by atoms with Crippen LogP contribution < -0.4 is 9.80 Å². The molecule has 0 radical (unpaired) electrons. The number of para-hydroxylation sites is 2. The highest BCUT2D eigenvalue weighted by Crippen LogP contribution is 2.49. The van der Waals surface area contributed by atoms with Gasteiger partial charge in [0.05, 0.1) is 11.4 Å². The molecule has 4 nitrogen and oxygen atoms in total. The molecule has 0 amide bonds. The molecule has 1 atom stereocenters. The molecule has 0 N–H and O–H groups in total. The second-order valence-electron chi connectivity index (χ2n) is 16.8. The van der Waals surface area contributed by atoms with E-state index in [1.807, 2.05) is 0 Å². The van der Waals surface area contributed by atoms with Crippen molar-refractivity contribution in [2.75, 3.05) is 9.80 Å². The molecule has 292 valence electrons. The van der Waals surface area contributed by atoms with Gasteiger partial charge >= 0.3 is 0 Å². The summed E-state index contributed by atoms with van der Waals surface area (Å²) in [4.78, 5) is 4.87. The van der Waals surface area contributed by atoms with Crippen LogP contribution in [-0.2, 0) is 6.42 Å². The van der Waals surface area contributed by atoms with E-state index in [1.54, 1.807) is 0 Å². The molecule has 1 aliphatic carbocycles. The standard InChI is InChI=1S/C57H42N2O2/c1-35-18-23-44-45(28-35)47-34-52(58(38-12-6-4-7-13-38)40-21-26-56-50(31-40)48-29-36(2)19-24-54(48)60-56)43-17-11-10-16-42(43)46(47)33-53(44)59(39-14-8-5-9-15-39)41-22-27-57-51(32-41)49-30-37(3)20-25-55(49)61-57/h4-27,29-35H,28H2,1-3H3. The van der Waals surface area contributed by atoms with E-state index in [-0.39, 0.29) is 0 Å². The number of aryl methyl sites for hydroxylation is 2. The third-order valence-corrected chi connectivity index (χ3v) is 12.6. The van der Waals surface area contributed by atoms with Gasteiger partial charge in [0.25, 0.3) is 0 Å². The van der Waals surface area contributed by atoms with Crippen LogP contribution in [0.1, 0.15) is 29.2 Å². The summed E-state index contributed by atoms with van der Waals surface area (Å²) in [7, 11) is 0. The van der Waals surface area contributed by atoms with Crippen molar-refractivity contribution in [1.82, 2.24) is 0 Å². The Hall–Kier alpha value is -7.56. The number of allylic oxidation sites excluding steroid dienone is 1. The van der Waals surface area contributed by atoms with Crippen LogP contribution in [0.25, 0.3) is 71.5 Å². The Labute approximate surface area is 354 Å². The Morgan fingerprint density at radius 1 is 0.410 bits per heavy atom. The topological polar surface area (TPSA) is 32.8 Å². The summed E-state index contributed by atoms with van der Waals surface area (Å²) in [5, 5.41) is 9.41. The monoisotopic (exact) mass is 786 g/mol. The molecule has 12 rings (SSSR count). The fourth-order valence-electron chi connectivity index (χ4n) is 9.77. The largest absolute Gasteiger partial charge is 0.456 e. The van der Waals surface area contributed by atoms with Crippen LogP contribution in [0.4, 0.5) is 34.1 Å². The smallest absolute Gasteiger partial charge is 0.135 e. The second-order valence-corrected chi connectivity index (χ2v) is 16.8. The number of fused-ring (bicyclic) bond motifs is 11. The molecule has 4 heteroatoms. The molecule has 0 saturated carbocycles. The molecule has 2 aromatic heterocycles. The minimum atomic E-state index is 0.383. The van der Waals surface area contributed by atoms with Crippen molar-refractivity contribution in [1.29, 1.82) is 0 Å². The van der Waals surface area contributed by atoms with Gasteiger partial charge in [-0.05, 0) is 145 Å². The summed E-state index contributed by atoms with van der Waals surface area (Å²) in [6.07, 6.45) is 5.67. The summed E-state index contributed by atoms with van der Waals surface area (Å²) in [5.74, 6) is 0.383. The first-order valence-corrected chi connectivity index (χ1v) is 21.2. The number of furan rings is 2. The van der Waals surface area contributed by atoms with Crippen molar-refractivity contribution in [3.05, 3.63) is 198 Å². The maximum atomic E-state index is 6.36. The van der Waals surface area contributed by atoms with Crippen LogP contribution >= 0.6 is 0 Å². The highest BCUT2D eigenvalue weighted by Gasteiger charge is 2.26. The summed E-state index contributed by atoms with van der Waals surface area (Å²) >= 11 is 0. The van der Waals surface area contributed by atoms with Gasteiger partial charge in [-0.25, -0.2) is 0 Å². The van der Waals surface area contributed by atoms with Gasteiger partial charge in [-0.15, -0.1) is 0 Å². The molecule has 0 spiro atoms. The van der Waals surface area contributed by atoms with Crippen molar-refractivity contribution >= 4 is 106 Å². The fourth-order valence-corrected chi connectivity index (χ4v) is 9.77. The average molecular weight is 787 g/mol. The van der Waals surface area contributed by atoms with Crippen molar-refractivity contribution in [3.63, 3.8) is 0 Å². The van der Waals surface area contributed by atoms with Crippen molar-refractivity contribution in [3.8, 4) is 0 Å². The van der Waals surface area contributed by atoms with Crippen LogP contribution in [0.2, 0.25) is 0 Å². The van der Waals surface area contributed by atoms with E-state index < -0.39 is 0 Å². The third-order valence-electron chi connectivity index (χ3n) is 12.6. The molecule has 61 heavy (non-hydrogen) atoms. The Morgan fingerprint density at radius 3 is 1.46 bits per heavy atom. The van der Waals surface area contributed by atoms with Gasteiger partial charge in [0.2, 0.25) is 0 Å². The van der Waals surface area contributed by atoms with Gasteiger partial charge in [-0.1, -0.05) is 103 Å². The van der Waals surface area contributed by atoms with Gasteiger partial charge in [-0.2, -0.15) is 0 Å². The molecule has 2 heterocycles. The first-order chi connectivity index (χ1) is 29.9. The van der Waals surface area contributed by atoms with Gasteiger partial charge in [0.15, 0.2) is 0 Å². The van der Waals surface area contributed by atoms with Crippen LogP contribution in [0.5, 0.6) is 0 Å². The van der Waals surface area contributed by atoms with Gasteiger partial charge in [-0.3, -0.25) is 0 Å². The summed E-state index contributed by atoms with van der Waals surface area (Å²) < 4.78 is 12.7. The number of rotatable bonds is 6. The quantitative estimate of drug-likeness (QED) is 0.157. The summed E-state index contributed by atoms with van der Waals surface area (Å²) in [5.41, 5.74) is 15.3. The van der Waals surface area contributed by atoms with Crippen molar-refractivity contribution in [2.45, 2.75) is 27.2 Å². The lowest BCUT2D eigenvalue weighted by atomic mass is 9.84. The number of benzene rings is 9. The highest BCUT2D eigenvalue weighted by molar-refractivity contribution is 6.18. The zero-order valence-corrected chi connectivity index (χ0v) is 34.3. The van der Waals surface area contributed by atoms with E-state index in [0.717, 1.165) is 84.4 Å². The SMILES string of the molecule is Cc1ccc2oc3ccc(N(c4ccccc4)c4cc5c(cc(N(c6ccccc6)c6ccc7oc8ccc(C)cc8c7c6)c6ccccc65)c5c4C=CC(C)C5)cc3c2c1. The summed E-state index contributed by atoms with van der Waals surface area (Å²) in [6, 6.07) is 61.5. The van der Waals surface area contributed by atoms with E-state index in [2.05, 4.69) is 213 Å². The minimum absolute atomic E-state index is 0.383. The molecule has 0 aliphatic heterocycles. The second kappa shape index (κ2) is 13.8. The predicted molar refractivity (Wildman–Crippen MR) is 257 cm³/mol. The van der Waals surface area contributed by atoms with E-state index in [1.165, 1.54) is 43.8 Å². The molecule has 0 bridgehead atoms. The number of anilines is 6. The van der Waals surface area contributed by atoms with Crippen molar-refractivity contribution < 1.29 is 8.83 Å². The Kier molecular flexibility index (Phi) is 7.98. The van der Waals surface area contributed by atoms with Crippen LogP contribution in [0.3, 0.4) is 0 Å². The van der Waals surface area contributed by atoms with Gasteiger partial charge in [0.1, 0.15) is 22.3 Å². The molecule has 0 fully saturated rings. The van der Waals surface area contributed by atoms with E-state index >= 15 is 0 Å². The lowest BCUT2D eigenvalue weighted by Gasteiger charge is -2.32. The minimum Gasteiger partial charge on any atom is -0.456 e. The Bertz CT molecular complexity index is 3560. The van der Waals surface area contributed by atoms with E-state index in [4.69, 9.17) is 8.83 Å². The predicted octanol–water partition coefficient (Wildman–Crippen LogP) is 16.6. The third kappa shape index (κ3) is 5.74. The molecule has 1 unspecified atom stereocenters. The first kappa shape index (κ1) is 35.4. The van der Waals surface area contributed by atoms with Crippen LogP contribution in [0.15, 0.2) is 185 Å². The number of hydrogen-bond acceptors (Lipinski definition) is 4. The number of nitrogens with zero attached hydrogens (tertiary/aromatic N) is 2.